The minimum Gasteiger partial charge on any atom is -0.307 e. The van der Waals surface area contributed by atoms with Crippen molar-refractivity contribution in [2.24, 2.45) is 0 Å². The highest BCUT2D eigenvalue weighted by atomic mass is 19.1. The van der Waals surface area contributed by atoms with Crippen LogP contribution in [0, 0.1) is 11.6 Å². The Bertz CT molecular complexity index is 4590. The number of anilines is 6. The lowest BCUT2D eigenvalue weighted by Crippen LogP contribution is -2.26. The molecule has 3 nitrogen and oxygen atoms in total. The molecule has 0 aliphatic heterocycles. The Morgan fingerprint density at radius 1 is 0.304 bits per heavy atom. The Morgan fingerprint density at radius 3 is 1.37 bits per heavy atom. The topological polar surface area (TPSA) is 19.4 Å². The summed E-state index contributed by atoms with van der Waals surface area (Å²) in [6, 6.07) is 92.3. The average molecular weight is 1010 g/mol. The highest BCUT2D eigenvalue weighted by molar-refractivity contribution is 6.27. The number of benzene rings is 12. The van der Waals surface area contributed by atoms with E-state index in [1.165, 1.54) is 72.5 Å². The first-order valence-electron chi connectivity index (χ1n) is 26.8. The summed E-state index contributed by atoms with van der Waals surface area (Å²) in [5, 5.41) is 4.63. The zero-order valence-electron chi connectivity index (χ0n) is 42.6. The van der Waals surface area contributed by atoms with Crippen molar-refractivity contribution in [3.63, 3.8) is 0 Å². The van der Waals surface area contributed by atoms with Crippen LogP contribution < -0.4 is 9.80 Å². The molecule has 370 valence electrons. The van der Waals surface area contributed by atoms with Crippen molar-refractivity contribution in [1.82, 2.24) is 4.98 Å². The van der Waals surface area contributed by atoms with Crippen LogP contribution in [0.3, 0.4) is 0 Å². The SMILES string of the molecule is Fc1ccccc1N(c1ccc(-c2c3c(c(-c4ccc(N(c5ccccc5)c5ncccc5F)cc4)c4ccccc24)-c2cccc4cccc-3c24)cc1)c1cccc2c1-c1ccccc1C21c2ccccc2-c2ccccc21. The maximum absolute atomic E-state index is 16.8. The summed E-state index contributed by atoms with van der Waals surface area (Å²) in [5.74, 6) is -0.481. The number of hydrogen-bond donors (Lipinski definition) is 0. The maximum Gasteiger partial charge on any atom is 0.173 e. The molecule has 0 unspecified atom stereocenters. The van der Waals surface area contributed by atoms with Gasteiger partial charge in [0, 0.05) is 28.8 Å². The van der Waals surface area contributed by atoms with Crippen LogP contribution in [0.15, 0.2) is 273 Å². The zero-order valence-corrected chi connectivity index (χ0v) is 42.6. The molecular formula is C74H45F2N3. The molecule has 16 rings (SSSR count). The molecule has 79 heavy (non-hydrogen) atoms. The Hall–Kier alpha value is -10.2. The molecule has 0 N–H and O–H groups in total. The number of pyridine rings is 1. The molecule has 1 heterocycles. The standard InChI is InChI=1S/C74H45F2N3/c75-63-33-12-13-35-65(63)79(66-36-16-32-62-70(66)56-26-8-11-31-61(56)74(62)59-29-9-6-22-52(59)53-23-7-10-30-60(53)74)51-43-39-48(40-44-51)69-55-25-5-4-24-54(55)68(71-57-27-14-18-46-19-15-28-58(67(46)57)72(69)71)47-37-41-50(42-38-47)78(49-20-2-1-3-21-49)73-64(76)34-17-45-77-73/h1-45H. The molecule has 0 bridgehead atoms. The van der Waals surface area contributed by atoms with Gasteiger partial charge in [-0.05, 0) is 172 Å². The fourth-order valence-corrected chi connectivity index (χ4v) is 13.8. The predicted molar refractivity (Wildman–Crippen MR) is 320 cm³/mol. The van der Waals surface area contributed by atoms with Crippen LogP contribution in [0.1, 0.15) is 22.3 Å². The summed E-state index contributed by atoms with van der Waals surface area (Å²) in [5.41, 5.74) is 21.9. The lowest BCUT2D eigenvalue weighted by Gasteiger charge is -2.32. The van der Waals surface area contributed by atoms with E-state index in [-0.39, 0.29) is 11.6 Å². The van der Waals surface area contributed by atoms with Gasteiger partial charge in [-0.2, -0.15) is 0 Å². The molecule has 0 saturated heterocycles. The molecule has 0 saturated carbocycles. The molecule has 1 aromatic heterocycles. The van der Waals surface area contributed by atoms with E-state index in [2.05, 4.69) is 210 Å². The Kier molecular flexibility index (Phi) is 9.91. The third-order valence-electron chi connectivity index (χ3n) is 16.8. The number of hydrogen-bond acceptors (Lipinski definition) is 3. The molecule has 0 atom stereocenters. The van der Waals surface area contributed by atoms with Gasteiger partial charge in [0.05, 0.1) is 16.8 Å². The van der Waals surface area contributed by atoms with Crippen LogP contribution in [0.25, 0.3) is 88.3 Å². The van der Waals surface area contributed by atoms with Crippen molar-refractivity contribution in [2.75, 3.05) is 9.80 Å². The summed E-state index contributed by atoms with van der Waals surface area (Å²) in [6.07, 6.45) is 1.63. The quantitative estimate of drug-likeness (QED) is 0.151. The Balaban J connectivity index is 0.888. The van der Waals surface area contributed by atoms with Gasteiger partial charge in [0.2, 0.25) is 0 Å². The van der Waals surface area contributed by atoms with Crippen molar-refractivity contribution in [1.29, 1.82) is 0 Å². The lowest BCUT2D eigenvalue weighted by atomic mass is 9.70. The van der Waals surface area contributed by atoms with Gasteiger partial charge in [-0.25, -0.2) is 13.8 Å². The van der Waals surface area contributed by atoms with Gasteiger partial charge < -0.3 is 4.90 Å². The highest BCUT2D eigenvalue weighted by Gasteiger charge is 2.52. The minimum atomic E-state index is -0.558. The van der Waals surface area contributed by atoms with Crippen LogP contribution in [0.4, 0.5) is 43.0 Å². The van der Waals surface area contributed by atoms with Crippen molar-refractivity contribution in [3.8, 4) is 66.8 Å². The summed E-state index contributed by atoms with van der Waals surface area (Å²) in [6.45, 7) is 0. The molecule has 12 aromatic carbocycles. The van der Waals surface area contributed by atoms with Gasteiger partial charge >= 0.3 is 0 Å². The van der Waals surface area contributed by atoms with Gasteiger partial charge in [0.25, 0.3) is 0 Å². The molecule has 13 aromatic rings. The van der Waals surface area contributed by atoms with Gasteiger partial charge in [-0.15, -0.1) is 0 Å². The third kappa shape index (κ3) is 6.42. The van der Waals surface area contributed by atoms with Crippen LogP contribution in [0.5, 0.6) is 0 Å². The van der Waals surface area contributed by atoms with Gasteiger partial charge in [0.15, 0.2) is 11.6 Å². The highest BCUT2D eigenvalue weighted by Crippen LogP contribution is 2.65. The zero-order chi connectivity index (χ0) is 52.3. The number of para-hydroxylation sites is 2. The van der Waals surface area contributed by atoms with E-state index in [0.717, 1.165) is 66.9 Å². The van der Waals surface area contributed by atoms with Crippen LogP contribution >= 0.6 is 0 Å². The molecule has 1 spiro atoms. The Morgan fingerprint density at radius 2 is 0.759 bits per heavy atom. The van der Waals surface area contributed by atoms with Crippen LogP contribution in [0.2, 0.25) is 0 Å². The van der Waals surface area contributed by atoms with E-state index in [1.807, 2.05) is 47.4 Å². The van der Waals surface area contributed by atoms with Crippen molar-refractivity contribution >= 4 is 55.8 Å². The first-order valence-corrected chi connectivity index (χ1v) is 26.8. The first kappa shape index (κ1) is 45.0. The summed E-state index contributed by atoms with van der Waals surface area (Å²) in [4.78, 5) is 8.50. The van der Waals surface area contributed by atoms with Crippen LogP contribution in [-0.4, -0.2) is 4.98 Å². The van der Waals surface area contributed by atoms with Gasteiger partial charge in [0.1, 0.15) is 5.82 Å². The van der Waals surface area contributed by atoms with Gasteiger partial charge in [-0.1, -0.05) is 200 Å². The smallest absolute Gasteiger partial charge is 0.173 e. The van der Waals surface area contributed by atoms with Crippen molar-refractivity contribution in [3.05, 3.63) is 307 Å². The molecular weight excluding hydrogens is 969 g/mol. The number of nitrogens with zero attached hydrogens (tertiary/aromatic N) is 3. The van der Waals surface area contributed by atoms with E-state index in [1.54, 1.807) is 24.4 Å². The second-order valence-electron chi connectivity index (χ2n) is 20.7. The number of halogens is 2. The number of fused-ring (bicyclic) bond motifs is 14. The normalized spacial score (nSPS) is 12.8. The van der Waals surface area contributed by atoms with Crippen LogP contribution in [-0.2, 0) is 5.41 Å². The molecule has 3 aliphatic rings. The predicted octanol–water partition coefficient (Wildman–Crippen LogP) is 19.9. The van der Waals surface area contributed by atoms with Crippen molar-refractivity contribution in [2.45, 2.75) is 5.41 Å². The van der Waals surface area contributed by atoms with E-state index in [0.29, 0.717) is 5.69 Å². The fourth-order valence-electron chi connectivity index (χ4n) is 13.8. The van der Waals surface area contributed by atoms with E-state index in [9.17, 15) is 0 Å². The molecule has 5 heteroatoms. The molecule has 0 amide bonds. The van der Waals surface area contributed by atoms with Crippen molar-refractivity contribution < 1.29 is 8.78 Å². The first-order chi connectivity index (χ1) is 39.1. The minimum absolute atomic E-state index is 0.232. The molecule has 3 aliphatic carbocycles. The summed E-state index contributed by atoms with van der Waals surface area (Å²) in [7, 11) is 0. The number of aromatic nitrogens is 1. The second-order valence-corrected chi connectivity index (χ2v) is 20.7. The number of rotatable bonds is 8. The Labute approximate surface area is 456 Å². The lowest BCUT2D eigenvalue weighted by molar-refractivity contribution is 0.622. The second kappa shape index (κ2) is 17.4. The van der Waals surface area contributed by atoms with E-state index >= 15 is 8.78 Å². The van der Waals surface area contributed by atoms with E-state index in [4.69, 9.17) is 0 Å². The van der Waals surface area contributed by atoms with Gasteiger partial charge in [-0.3, -0.25) is 4.90 Å². The fraction of sp³-hybridized carbons (Fsp3) is 0.0135. The average Bonchev–Trinajstić information content (AvgIpc) is 4.13. The van der Waals surface area contributed by atoms with E-state index < -0.39 is 11.2 Å². The summed E-state index contributed by atoms with van der Waals surface area (Å²) < 4.78 is 32.4. The molecule has 0 radical (unpaired) electrons. The maximum atomic E-state index is 16.8. The largest absolute Gasteiger partial charge is 0.307 e. The monoisotopic (exact) mass is 1010 g/mol. The summed E-state index contributed by atoms with van der Waals surface area (Å²) >= 11 is 0. The third-order valence-corrected chi connectivity index (χ3v) is 16.8. The molecule has 0 fully saturated rings.